The number of rotatable bonds is 7. The molecule has 0 aromatic heterocycles. The third-order valence-electron chi connectivity index (χ3n) is 7.47. The fourth-order valence-electron chi connectivity index (χ4n) is 5.56. The number of anilines is 1. The number of aliphatic hydroxyl groups is 4. The highest BCUT2D eigenvalue weighted by Gasteiger charge is 2.60. The molecule has 0 spiro atoms. The van der Waals surface area contributed by atoms with Crippen molar-refractivity contribution in [3.63, 3.8) is 0 Å². The van der Waals surface area contributed by atoms with E-state index in [0.717, 1.165) is 6.07 Å². The molecule has 0 radical (unpaired) electrons. The van der Waals surface area contributed by atoms with Crippen LogP contribution < -0.4 is 5.32 Å². The number of hydrogen-bond acceptors (Lipinski definition) is 7. The lowest BCUT2D eigenvalue weighted by molar-refractivity contribution is -0.181. The Bertz CT molecular complexity index is 1290. The van der Waals surface area contributed by atoms with Crippen LogP contribution in [0, 0.1) is 29.3 Å². The Hall–Kier alpha value is -2.22. The Morgan fingerprint density at radius 1 is 1.08 bits per heavy atom. The van der Waals surface area contributed by atoms with E-state index in [1.807, 2.05) is 0 Å². The molecule has 13 heteroatoms. The monoisotopic (exact) mass is 563 g/mol. The van der Waals surface area contributed by atoms with Gasteiger partial charge in [-0.1, -0.05) is 11.6 Å². The Kier molecular flexibility index (Phi) is 7.63. The summed E-state index contributed by atoms with van der Waals surface area (Å²) in [5.41, 5.74) is -2.34. The van der Waals surface area contributed by atoms with Crippen molar-refractivity contribution in [2.75, 3.05) is 11.9 Å². The van der Waals surface area contributed by atoms with E-state index < -0.39 is 74.7 Å². The molecule has 2 aromatic carbocycles. The second-order valence-corrected chi connectivity index (χ2v) is 12.1. The first kappa shape index (κ1) is 27.8. The van der Waals surface area contributed by atoms with E-state index in [-0.39, 0.29) is 34.0 Å². The topological polar surface area (TPSA) is 144 Å². The summed E-state index contributed by atoms with van der Waals surface area (Å²) < 4.78 is 67.3. The van der Waals surface area contributed by atoms with Crippen molar-refractivity contribution in [3.05, 3.63) is 58.4 Å². The van der Waals surface area contributed by atoms with Crippen molar-refractivity contribution in [2.45, 2.75) is 53.6 Å². The summed E-state index contributed by atoms with van der Waals surface area (Å²) in [7, 11) is -4.15. The number of sulfone groups is 1. The van der Waals surface area contributed by atoms with Crippen molar-refractivity contribution in [1.29, 1.82) is 0 Å². The van der Waals surface area contributed by atoms with Crippen LogP contribution in [0.2, 0.25) is 5.02 Å². The molecule has 37 heavy (non-hydrogen) atoms. The van der Waals surface area contributed by atoms with Gasteiger partial charge in [0, 0.05) is 23.4 Å². The van der Waals surface area contributed by atoms with Crippen LogP contribution in [0.3, 0.4) is 0 Å². The normalized spacial score (nSPS) is 27.1. The number of hydrogen-bond donors (Lipinski definition) is 5. The molecule has 202 valence electrons. The molecule has 2 aliphatic carbocycles. The number of benzene rings is 2. The molecular weight excluding hydrogens is 539 g/mol. The first-order chi connectivity index (χ1) is 17.3. The predicted molar refractivity (Wildman–Crippen MR) is 126 cm³/mol. The van der Waals surface area contributed by atoms with Crippen LogP contribution in [0.1, 0.15) is 36.0 Å². The highest BCUT2D eigenvalue weighted by molar-refractivity contribution is 7.92. The third kappa shape index (κ3) is 4.86. The van der Waals surface area contributed by atoms with Crippen LogP contribution in [0.4, 0.5) is 18.9 Å². The average molecular weight is 564 g/mol. The van der Waals surface area contributed by atoms with Crippen LogP contribution >= 0.6 is 11.6 Å². The lowest BCUT2D eigenvalue weighted by Gasteiger charge is -2.46. The van der Waals surface area contributed by atoms with E-state index in [1.54, 1.807) is 0 Å². The van der Waals surface area contributed by atoms with E-state index in [2.05, 4.69) is 5.32 Å². The maximum absolute atomic E-state index is 13.6. The first-order valence-electron chi connectivity index (χ1n) is 11.5. The van der Waals surface area contributed by atoms with Gasteiger partial charge in [-0.15, -0.1) is 0 Å². The van der Waals surface area contributed by atoms with E-state index in [0.29, 0.717) is 25.0 Å². The van der Waals surface area contributed by atoms with Gasteiger partial charge in [0.15, 0.2) is 27.3 Å². The molecule has 3 unspecified atom stereocenters. The van der Waals surface area contributed by atoms with Gasteiger partial charge in [0.05, 0.1) is 27.4 Å². The predicted octanol–water partition coefficient (Wildman–Crippen LogP) is 2.42. The molecule has 2 aromatic rings. The molecule has 4 rings (SSSR count). The zero-order valence-electron chi connectivity index (χ0n) is 19.2. The lowest BCUT2D eigenvalue weighted by atomic mass is 9.70. The molecule has 0 heterocycles. The molecule has 2 bridgehead atoms. The van der Waals surface area contributed by atoms with Gasteiger partial charge in [-0.05, 0) is 55.7 Å². The smallest absolute Gasteiger partial charge is 0.255 e. The van der Waals surface area contributed by atoms with Gasteiger partial charge in [-0.2, -0.15) is 0 Å². The Labute approximate surface area is 215 Å². The van der Waals surface area contributed by atoms with E-state index in [1.165, 1.54) is 12.1 Å². The minimum atomic E-state index is -4.15. The van der Waals surface area contributed by atoms with Gasteiger partial charge in [0.2, 0.25) is 0 Å². The largest absolute Gasteiger partial charge is 0.394 e. The summed E-state index contributed by atoms with van der Waals surface area (Å²) in [4.78, 5) is 12.3. The zero-order chi connectivity index (χ0) is 27.3. The Balaban J connectivity index is 1.59. The van der Waals surface area contributed by atoms with Gasteiger partial charge >= 0.3 is 0 Å². The van der Waals surface area contributed by atoms with Gasteiger partial charge in [-0.25, -0.2) is 21.6 Å². The molecule has 0 saturated heterocycles. The number of carbonyl (C=O) groups is 1. The highest BCUT2D eigenvalue weighted by Crippen LogP contribution is 2.54. The first-order valence-corrected chi connectivity index (χ1v) is 13.4. The number of aliphatic hydroxyl groups excluding tert-OH is 3. The van der Waals surface area contributed by atoms with Crippen molar-refractivity contribution in [3.8, 4) is 0 Å². The second kappa shape index (κ2) is 10.2. The summed E-state index contributed by atoms with van der Waals surface area (Å²) in [6.45, 7) is -0.772. The van der Waals surface area contributed by atoms with Gasteiger partial charge in [-0.3, -0.25) is 4.79 Å². The number of amides is 1. The summed E-state index contributed by atoms with van der Waals surface area (Å²) >= 11 is 6.18. The minimum absolute atomic E-state index is 0.0502. The summed E-state index contributed by atoms with van der Waals surface area (Å²) in [5, 5.41) is 41.7. The molecular formula is C24H25ClF3NO7S. The van der Waals surface area contributed by atoms with Gasteiger partial charge in [0.1, 0.15) is 12.2 Å². The maximum Gasteiger partial charge on any atom is 0.255 e. The third-order valence-corrected chi connectivity index (χ3v) is 10.1. The standard InChI is InChI=1S/C24H25ClF3NO7S/c25-16-4-1-11(23(33)29-14-8-17(26)21(28)18(27)9-14)5-20(16)37(35,36)15-6-12-2-3-13(7-15)24(12,34)22(32)19(31)10-30/h1,4-5,8-9,12-13,15,19,22,30-32,34H,2-3,6-7,10H2,(H,29,33)/t12-,13?,15?,19+,22+,24?/m0/s1. The van der Waals surface area contributed by atoms with Crippen LogP contribution in [-0.2, 0) is 9.84 Å². The molecule has 2 saturated carbocycles. The van der Waals surface area contributed by atoms with E-state index in [9.17, 15) is 46.8 Å². The molecule has 2 aliphatic rings. The van der Waals surface area contributed by atoms with E-state index >= 15 is 0 Å². The second-order valence-electron chi connectivity index (χ2n) is 9.54. The average Bonchev–Trinajstić information content (AvgIpc) is 3.02. The minimum Gasteiger partial charge on any atom is -0.394 e. The molecule has 0 aliphatic heterocycles. The quantitative estimate of drug-likeness (QED) is 0.325. The van der Waals surface area contributed by atoms with Crippen molar-refractivity contribution in [1.82, 2.24) is 0 Å². The van der Waals surface area contributed by atoms with Crippen molar-refractivity contribution < 1.29 is 46.8 Å². The number of carbonyl (C=O) groups excluding carboxylic acids is 1. The number of halogens is 4. The molecule has 2 fully saturated rings. The lowest BCUT2D eigenvalue weighted by Crippen LogP contribution is -2.59. The van der Waals surface area contributed by atoms with Crippen LogP contribution in [0.25, 0.3) is 0 Å². The molecule has 1 amide bonds. The molecule has 8 nitrogen and oxygen atoms in total. The van der Waals surface area contributed by atoms with Crippen LogP contribution in [-0.4, -0.2) is 64.4 Å². The fraction of sp³-hybridized carbons (Fsp3) is 0.458. The van der Waals surface area contributed by atoms with Crippen LogP contribution in [0.15, 0.2) is 35.2 Å². The fourth-order valence-corrected chi connectivity index (χ4v) is 7.96. The van der Waals surface area contributed by atoms with Crippen molar-refractivity contribution in [2.24, 2.45) is 11.8 Å². The molecule has 5 N–H and O–H groups in total. The molecule has 6 atom stereocenters. The van der Waals surface area contributed by atoms with Crippen molar-refractivity contribution >= 4 is 33.0 Å². The number of nitrogens with one attached hydrogen (secondary N) is 1. The highest BCUT2D eigenvalue weighted by atomic mass is 35.5. The van der Waals surface area contributed by atoms with Gasteiger partial charge in [0.25, 0.3) is 5.91 Å². The summed E-state index contributed by atoms with van der Waals surface area (Å²) in [6, 6.07) is 4.57. The SMILES string of the molecule is O=C(Nc1cc(F)c(F)c(F)c1)c1ccc(Cl)c(S(=O)(=O)C2CC3CC[C@@H](C2)C3(O)[C@H](O)[C@H](O)CO)c1. The number of fused-ring (bicyclic) bond motifs is 2. The van der Waals surface area contributed by atoms with E-state index in [4.69, 9.17) is 11.6 Å². The van der Waals surface area contributed by atoms with Gasteiger partial charge < -0.3 is 25.7 Å². The summed E-state index contributed by atoms with van der Waals surface area (Å²) in [5.74, 6) is -7.00. The zero-order valence-corrected chi connectivity index (χ0v) is 20.8. The summed E-state index contributed by atoms with van der Waals surface area (Å²) in [6.07, 6.45) is -2.53. The Morgan fingerprint density at radius 2 is 1.65 bits per heavy atom. The maximum atomic E-state index is 13.6. The van der Waals surface area contributed by atoms with Crippen LogP contribution in [0.5, 0.6) is 0 Å². The Morgan fingerprint density at radius 3 is 2.19 bits per heavy atom.